The third kappa shape index (κ3) is 6.65. The summed E-state index contributed by atoms with van der Waals surface area (Å²) in [5.74, 6) is 6.95. The lowest BCUT2D eigenvalue weighted by molar-refractivity contribution is 0.00578. The highest BCUT2D eigenvalue weighted by molar-refractivity contribution is 6.47. The number of hydrogen-bond acceptors (Lipinski definition) is 2. The van der Waals surface area contributed by atoms with Gasteiger partial charge >= 0.3 is 7.12 Å². The fourth-order valence-electron chi connectivity index (χ4n) is 2.87. The lowest BCUT2D eigenvalue weighted by Gasteiger charge is -2.32. The Morgan fingerprint density at radius 3 is 2.12 bits per heavy atom. The summed E-state index contributed by atoms with van der Waals surface area (Å²) in [6, 6.07) is 0. The maximum absolute atomic E-state index is 6.17. The van der Waals surface area contributed by atoms with Crippen LogP contribution in [0.25, 0.3) is 0 Å². The third-order valence-electron chi connectivity index (χ3n) is 5.27. The molecule has 1 aliphatic heterocycles. The molecular formula is C21H37BO2. The minimum Gasteiger partial charge on any atom is -0.403 e. The molecule has 0 spiro atoms. The molecule has 136 valence electrons. The number of hydrogen-bond donors (Lipinski definition) is 0. The van der Waals surface area contributed by atoms with Crippen molar-refractivity contribution >= 4 is 7.12 Å². The van der Waals surface area contributed by atoms with Crippen molar-refractivity contribution in [3.8, 4) is 11.8 Å². The predicted octanol–water partition coefficient (Wildman–Crippen LogP) is 6.17. The molecule has 1 fully saturated rings. The third-order valence-corrected chi connectivity index (χ3v) is 5.27. The Morgan fingerprint density at radius 1 is 0.958 bits per heavy atom. The zero-order valence-electron chi connectivity index (χ0n) is 16.6. The van der Waals surface area contributed by atoms with E-state index in [1.807, 2.05) is 6.08 Å². The van der Waals surface area contributed by atoms with Gasteiger partial charge < -0.3 is 9.31 Å². The van der Waals surface area contributed by atoms with Crippen LogP contribution < -0.4 is 0 Å². The smallest absolute Gasteiger partial charge is 0.403 e. The van der Waals surface area contributed by atoms with Gasteiger partial charge in [0.05, 0.1) is 11.2 Å². The average Bonchev–Trinajstić information content (AvgIpc) is 2.72. The first-order valence-corrected chi connectivity index (χ1v) is 9.76. The van der Waals surface area contributed by atoms with Crippen LogP contribution in [-0.2, 0) is 9.31 Å². The van der Waals surface area contributed by atoms with Crippen LogP contribution >= 0.6 is 0 Å². The zero-order chi connectivity index (χ0) is 18.1. The molecule has 1 unspecified atom stereocenters. The summed E-state index contributed by atoms with van der Waals surface area (Å²) in [6.07, 6.45) is 12.6. The highest BCUT2D eigenvalue weighted by Gasteiger charge is 2.53. The second-order valence-corrected chi connectivity index (χ2v) is 7.98. The van der Waals surface area contributed by atoms with E-state index in [-0.39, 0.29) is 24.1 Å². The Hall–Kier alpha value is -0.715. The molecule has 0 aromatic heterocycles. The zero-order valence-corrected chi connectivity index (χ0v) is 16.6. The Balaban J connectivity index is 2.37. The van der Waals surface area contributed by atoms with E-state index in [9.17, 15) is 0 Å². The molecule has 0 N–H and O–H groups in total. The van der Waals surface area contributed by atoms with E-state index in [2.05, 4.69) is 53.0 Å². The molecule has 0 bridgehead atoms. The molecule has 0 amide bonds. The summed E-state index contributed by atoms with van der Waals surface area (Å²) >= 11 is 0. The van der Waals surface area contributed by atoms with Gasteiger partial charge in [0.25, 0.3) is 0 Å². The largest absolute Gasteiger partial charge is 0.462 e. The van der Waals surface area contributed by atoms with E-state index in [1.54, 1.807) is 0 Å². The van der Waals surface area contributed by atoms with Gasteiger partial charge in [-0.25, -0.2) is 0 Å². The Labute approximate surface area is 150 Å². The molecule has 24 heavy (non-hydrogen) atoms. The van der Waals surface area contributed by atoms with Crippen LogP contribution in [-0.4, -0.2) is 18.3 Å². The van der Waals surface area contributed by atoms with E-state index in [1.165, 1.54) is 38.5 Å². The lowest BCUT2D eigenvalue weighted by atomic mass is 9.68. The van der Waals surface area contributed by atoms with Crippen molar-refractivity contribution in [1.82, 2.24) is 0 Å². The van der Waals surface area contributed by atoms with Crippen molar-refractivity contribution in [3.63, 3.8) is 0 Å². The summed E-state index contributed by atoms with van der Waals surface area (Å²) in [5.41, 5.74) is -0.550. The molecule has 0 radical (unpaired) electrons. The number of rotatable bonds is 10. The summed E-state index contributed by atoms with van der Waals surface area (Å²) in [5, 5.41) is 0. The molecule has 0 aliphatic carbocycles. The SMILES string of the molecule is C=CCC(CC#CCCCCCCCC)B1OC(C)(C)C(C)(C)O1. The summed E-state index contributed by atoms with van der Waals surface area (Å²) in [6.45, 7) is 14.5. The molecule has 3 heteroatoms. The minimum absolute atomic E-state index is 0.184. The van der Waals surface area contributed by atoms with Gasteiger partial charge in [-0.3, -0.25) is 0 Å². The molecule has 1 aliphatic rings. The Morgan fingerprint density at radius 2 is 1.54 bits per heavy atom. The van der Waals surface area contributed by atoms with Crippen molar-refractivity contribution in [3.05, 3.63) is 12.7 Å². The van der Waals surface area contributed by atoms with Crippen molar-refractivity contribution in [2.75, 3.05) is 0 Å². The number of unbranched alkanes of at least 4 members (excludes halogenated alkanes) is 6. The maximum atomic E-state index is 6.17. The summed E-state index contributed by atoms with van der Waals surface area (Å²) in [4.78, 5) is 0. The number of allylic oxidation sites excluding steroid dienone is 1. The van der Waals surface area contributed by atoms with Crippen LogP contribution in [0.1, 0.15) is 92.4 Å². The normalized spacial score (nSPS) is 19.6. The van der Waals surface area contributed by atoms with E-state index >= 15 is 0 Å². The second-order valence-electron chi connectivity index (χ2n) is 7.98. The lowest BCUT2D eigenvalue weighted by Crippen LogP contribution is -2.41. The second kappa shape index (κ2) is 10.3. The van der Waals surface area contributed by atoms with Gasteiger partial charge in [-0.15, -0.1) is 18.4 Å². The Bertz CT molecular complexity index is 415. The molecule has 1 saturated heterocycles. The average molecular weight is 332 g/mol. The fourth-order valence-corrected chi connectivity index (χ4v) is 2.87. The van der Waals surface area contributed by atoms with Crippen LogP contribution in [0.5, 0.6) is 0 Å². The van der Waals surface area contributed by atoms with Gasteiger partial charge in [-0.05, 0) is 40.5 Å². The van der Waals surface area contributed by atoms with Crippen molar-refractivity contribution in [1.29, 1.82) is 0 Å². The molecule has 2 nitrogen and oxygen atoms in total. The van der Waals surface area contributed by atoms with Crippen LogP contribution in [0, 0.1) is 11.8 Å². The first-order chi connectivity index (χ1) is 11.3. The first kappa shape index (κ1) is 21.3. The molecule has 0 aromatic rings. The van der Waals surface area contributed by atoms with Crippen molar-refractivity contribution in [2.45, 2.75) is 109 Å². The molecule has 1 rings (SSSR count). The minimum atomic E-state index is -0.275. The molecule has 1 heterocycles. The molecular weight excluding hydrogens is 295 g/mol. The van der Waals surface area contributed by atoms with E-state index in [4.69, 9.17) is 9.31 Å². The standard InChI is InChI=1S/C21H37BO2/c1-7-9-10-11-12-13-14-15-16-18-19(17-8-2)22-23-20(3,4)21(5,6)24-22/h8,19H,2,7,9-14,17-18H2,1,3-6H3. The maximum Gasteiger partial charge on any atom is 0.462 e. The highest BCUT2D eigenvalue weighted by Crippen LogP contribution is 2.41. The van der Waals surface area contributed by atoms with Crippen molar-refractivity contribution < 1.29 is 9.31 Å². The predicted molar refractivity (Wildman–Crippen MR) is 105 cm³/mol. The summed E-state index contributed by atoms with van der Waals surface area (Å²) in [7, 11) is -0.184. The van der Waals surface area contributed by atoms with Gasteiger partial charge in [0.1, 0.15) is 0 Å². The van der Waals surface area contributed by atoms with Gasteiger partial charge in [0.2, 0.25) is 0 Å². The van der Waals surface area contributed by atoms with E-state index in [0.717, 1.165) is 19.3 Å². The van der Waals surface area contributed by atoms with Gasteiger partial charge in [-0.2, -0.15) is 0 Å². The van der Waals surface area contributed by atoms with Crippen LogP contribution in [0.15, 0.2) is 12.7 Å². The van der Waals surface area contributed by atoms with Gasteiger partial charge in [-0.1, -0.05) is 45.1 Å². The highest BCUT2D eigenvalue weighted by atomic mass is 16.7. The van der Waals surface area contributed by atoms with Crippen LogP contribution in [0.3, 0.4) is 0 Å². The summed E-state index contributed by atoms with van der Waals surface area (Å²) < 4.78 is 12.3. The monoisotopic (exact) mass is 332 g/mol. The molecule has 0 saturated carbocycles. The van der Waals surface area contributed by atoms with Crippen LogP contribution in [0.2, 0.25) is 5.82 Å². The van der Waals surface area contributed by atoms with Gasteiger partial charge in [0.15, 0.2) is 0 Å². The van der Waals surface area contributed by atoms with E-state index < -0.39 is 0 Å². The first-order valence-electron chi connectivity index (χ1n) is 9.76. The quantitative estimate of drug-likeness (QED) is 0.206. The Kier molecular flexibility index (Phi) is 9.17. The molecule has 0 aromatic carbocycles. The van der Waals surface area contributed by atoms with E-state index in [0.29, 0.717) is 0 Å². The topological polar surface area (TPSA) is 18.5 Å². The van der Waals surface area contributed by atoms with Crippen molar-refractivity contribution in [2.24, 2.45) is 0 Å². The van der Waals surface area contributed by atoms with Gasteiger partial charge in [0, 0.05) is 18.7 Å². The fraction of sp³-hybridized carbons (Fsp3) is 0.810. The molecule has 1 atom stereocenters. The van der Waals surface area contributed by atoms with Crippen LogP contribution in [0.4, 0.5) is 0 Å².